The quantitative estimate of drug-likeness (QED) is 0.814. The van der Waals surface area contributed by atoms with Gasteiger partial charge in [0.05, 0.1) is 6.33 Å². The molecule has 1 aliphatic carbocycles. The predicted molar refractivity (Wildman–Crippen MR) is 112 cm³/mol. The van der Waals surface area contributed by atoms with Crippen molar-refractivity contribution < 1.29 is 9.59 Å². The molecule has 0 unspecified atom stereocenters. The van der Waals surface area contributed by atoms with Crippen molar-refractivity contribution >= 4 is 23.4 Å². The fourth-order valence-corrected chi connectivity index (χ4v) is 5.04. The van der Waals surface area contributed by atoms with Crippen LogP contribution in [-0.2, 0) is 11.3 Å². The summed E-state index contributed by atoms with van der Waals surface area (Å²) in [6.07, 6.45) is 10.4. The van der Waals surface area contributed by atoms with Gasteiger partial charge in [-0.2, -0.15) is 0 Å². The van der Waals surface area contributed by atoms with Gasteiger partial charge in [-0.25, -0.2) is 4.98 Å². The van der Waals surface area contributed by atoms with Gasteiger partial charge in [0.15, 0.2) is 0 Å². The largest absolute Gasteiger partial charge is 0.350 e. The predicted octanol–water partition coefficient (Wildman–Crippen LogP) is 3.51. The minimum atomic E-state index is -0.431. The monoisotopic (exact) mass is 414 g/mol. The van der Waals surface area contributed by atoms with Gasteiger partial charge >= 0.3 is 0 Å². The number of likely N-dealkylation sites (tertiary alicyclic amines) is 1. The molecule has 1 aromatic carbocycles. The number of rotatable bonds is 5. The molecule has 2 aromatic rings. The van der Waals surface area contributed by atoms with E-state index in [-0.39, 0.29) is 23.9 Å². The fourth-order valence-electron chi connectivity index (χ4n) is 4.85. The van der Waals surface area contributed by atoms with Crippen LogP contribution in [0, 0.1) is 5.92 Å². The number of carbonyl (C=O) groups is 2. The summed E-state index contributed by atoms with van der Waals surface area (Å²) in [6.45, 7) is 2.62. The number of aromatic nitrogens is 2. The standard InChI is InChI=1S/C22H27ClN4O2/c1-15(13-26-10-9-24-14-26)25-21(28)20-12-16-5-2-3-8-19(16)27(20)22(29)17-6-4-7-18(23)11-17/h4,6-7,9-11,14-16,19-20H,2-3,5,8,12-13H2,1H3,(H,25,28)/t15-,16-,19+,20+/m1/s1. The first-order valence-electron chi connectivity index (χ1n) is 10.4. The van der Waals surface area contributed by atoms with E-state index >= 15 is 0 Å². The zero-order valence-corrected chi connectivity index (χ0v) is 17.4. The summed E-state index contributed by atoms with van der Waals surface area (Å²) in [6, 6.07) is 6.66. The van der Waals surface area contributed by atoms with E-state index in [1.165, 1.54) is 6.42 Å². The molecule has 29 heavy (non-hydrogen) atoms. The first-order valence-corrected chi connectivity index (χ1v) is 10.7. The Balaban J connectivity index is 1.53. The van der Waals surface area contributed by atoms with Crippen LogP contribution >= 0.6 is 11.6 Å². The first kappa shape index (κ1) is 20.0. The zero-order chi connectivity index (χ0) is 20.4. The van der Waals surface area contributed by atoms with E-state index in [2.05, 4.69) is 10.3 Å². The van der Waals surface area contributed by atoms with Crippen LogP contribution in [0.4, 0.5) is 0 Å². The molecule has 154 valence electrons. The van der Waals surface area contributed by atoms with Crippen molar-refractivity contribution in [1.82, 2.24) is 19.8 Å². The maximum absolute atomic E-state index is 13.4. The number of nitrogens with zero attached hydrogens (tertiary/aromatic N) is 3. The summed E-state index contributed by atoms with van der Waals surface area (Å²) in [5.41, 5.74) is 0.549. The van der Waals surface area contributed by atoms with Crippen molar-refractivity contribution in [2.24, 2.45) is 5.92 Å². The molecule has 1 aliphatic heterocycles. The number of hydrogen-bond donors (Lipinski definition) is 1. The van der Waals surface area contributed by atoms with E-state index in [1.807, 2.05) is 22.6 Å². The lowest BCUT2D eigenvalue weighted by atomic mass is 9.84. The summed E-state index contributed by atoms with van der Waals surface area (Å²) >= 11 is 6.11. The Morgan fingerprint density at radius 3 is 2.90 bits per heavy atom. The fraction of sp³-hybridized carbons (Fsp3) is 0.500. The van der Waals surface area contributed by atoms with Crippen LogP contribution in [0.3, 0.4) is 0 Å². The van der Waals surface area contributed by atoms with Crippen LogP contribution in [0.2, 0.25) is 5.02 Å². The van der Waals surface area contributed by atoms with Gasteiger partial charge in [0, 0.05) is 41.6 Å². The zero-order valence-electron chi connectivity index (χ0n) is 16.6. The second-order valence-corrected chi connectivity index (χ2v) is 8.69. The van der Waals surface area contributed by atoms with E-state index in [0.29, 0.717) is 23.0 Å². The van der Waals surface area contributed by atoms with Crippen molar-refractivity contribution in [3.63, 3.8) is 0 Å². The number of halogens is 1. The molecule has 1 aromatic heterocycles. The molecule has 6 nitrogen and oxygen atoms in total. The van der Waals surface area contributed by atoms with Crippen molar-refractivity contribution in [1.29, 1.82) is 0 Å². The van der Waals surface area contributed by atoms with Gasteiger partial charge in [-0.3, -0.25) is 9.59 Å². The van der Waals surface area contributed by atoms with Crippen molar-refractivity contribution in [2.75, 3.05) is 0 Å². The second-order valence-electron chi connectivity index (χ2n) is 8.26. The van der Waals surface area contributed by atoms with Gasteiger partial charge in [0.1, 0.15) is 6.04 Å². The topological polar surface area (TPSA) is 67.2 Å². The Labute approximate surface area is 176 Å². The molecule has 1 saturated carbocycles. The van der Waals surface area contributed by atoms with Gasteiger partial charge in [0.25, 0.3) is 5.91 Å². The molecular formula is C22H27ClN4O2. The third-order valence-electron chi connectivity index (χ3n) is 6.13. The van der Waals surface area contributed by atoms with Gasteiger partial charge in [0.2, 0.25) is 5.91 Å². The molecule has 4 atom stereocenters. The summed E-state index contributed by atoms with van der Waals surface area (Å²) in [4.78, 5) is 32.5. The number of hydrogen-bond acceptors (Lipinski definition) is 3. The first-order chi connectivity index (χ1) is 14.0. The highest BCUT2D eigenvalue weighted by atomic mass is 35.5. The molecular weight excluding hydrogens is 388 g/mol. The van der Waals surface area contributed by atoms with E-state index in [9.17, 15) is 9.59 Å². The maximum Gasteiger partial charge on any atom is 0.254 e. The highest BCUT2D eigenvalue weighted by molar-refractivity contribution is 6.31. The van der Waals surface area contributed by atoms with E-state index in [4.69, 9.17) is 11.6 Å². The average molecular weight is 415 g/mol. The van der Waals surface area contributed by atoms with Crippen molar-refractivity contribution in [3.8, 4) is 0 Å². The summed E-state index contributed by atoms with van der Waals surface area (Å²) < 4.78 is 1.94. The average Bonchev–Trinajstić information content (AvgIpc) is 3.34. The van der Waals surface area contributed by atoms with Crippen LogP contribution in [0.1, 0.15) is 49.4 Å². The Hall–Kier alpha value is -2.34. The lowest BCUT2D eigenvalue weighted by Crippen LogP contribution is -2.51. The van der Waals surface area contributed by atoms with Crippen molar-refractivity contribution in [2.45, 2.75) is 63.7 Å². The second kappa shape index (κ2) is 8.57. The van der Waals surface area contributed by atoms with Crippen LogP contribution in [-0.4, -0.2) is 44.4 Å². The minimum absolute atomic E-state index is 0.0533. The SMILES string of the molecule is C[C@H](Cn1ccnc1)NC(=O)[C@@H]1C[C@H]2CCCC[C@@H]2N1C(=O)c1cccc(Cl)c1. The molecule has 0 radical (unpaired) electrons. The summed E-state index contributed by atoms with van der Waals surface area (Å²) in [7, 11) is 0. The molecule has 2 heterocycles. The number of imidazole rings is 1. The van der Waals surface area contributed by atoms with E-state index in [0.717, 1.165) is 25.7 Å². The molecule has 0 spiro atoms. The van der Waals surface area contributed by atoms with Crippen molar-refractivity contribution in [3.05, 3.63) is 53.6 Å². The number of amides is 2. The lowest BCUT2D eigenvalue weighted by Gasteiger charge is -2.34. The molecule has 7 heteroatoms. The van der Waals surface area contributed by atoms with Crippen LogP contribution in [0.15, 0.2) is 43.0 Å². The molecule has 2 amide bonds. The Morgan fingerprint density at radius 2 is 2.14 bits per heavy atom. The van der Waals surface area contributed by atoms with Crippen LogP contribution in [0.25, 0.3) is 0 Å². The third kappa shape index (κ3) is 4.32. The normalized spacial score (nSPS) is 24.8. The molecule has 1 saturated heterocycles. The highest BCUT2D eigenvalue weighted by Crippen LogP contribution is 2.40. The number of carbonyl (C=O) groups excluding carboxylic acids is 2. The van der Waals surface area contributed by atoms with Gasteiger partial charge in [-0.15, -0.1) is 0 Å². The third-order valence-corrected chi connectivity index (χ3v) is 6.36. The van der Waals surface area contributed by atoms with Gasteiger partial charge in [-0.05, 0) is 50.3 Å². The number of fused-ring (bicyclic) bond motifs is 1. The molecule has 0 bridgehead atoms. The van der Waals surface area contributed by atoms with Crippen LogP contribution in [0.5, 0.6) is 0 Å². The Morgan fingerprint density at radius 1 is 1.31 bits per heavy atom. The van der Waals surface area contributed by atoms with E-state index < -0.39 is 6.04 Å². The lowest BCUT2D eigenvalue weighted by molar-refractivity contribution is -0.125. The summed E-state index contributed by atoms with van der Waals surface area (Å²) in [5.74, 6) is 0.235. The van der Waals surface area contributed by atoms with Gasteiger partial charge < -0.3 is 14.8 Å². The molecule has 2 fully saturated rings. The number of nitrogens with one attached hydrogen (secondary N) is 1. The highest BCUT2D eigenvalue weighted by Gasteiger charge is 2.47. The molecule has 1 N–H and O–H groups in total. The molecule has 2 aliphatic rings. The minimum Gasteiger partial charge on any atom is -0.350 e. The number of benzene rings is 1. The smallest absolute Gasteiger partial charge is 0.254 e. The Bertz CT molecular complexity index is 869. The Kier molecular flexibility index (Phi) is 5.90. The summed E-state index contributed by atoms with van der Waals surface area (Å²) in [5, 5.41) is 3.64. The van der Waals surface area contributed by atoms with Crippen LogP contribution < -0.4 is 5.32 Å². The van der Waals surface area contributed by atoms with Gasteiger partial charge in [-0.1, -0.05) is 30.5 Å². The van der Waals surface area contributed by atoms with E-state index in [1.54, 1.807) is 36.8 Å². The molecule has 4 rings (SSSR count). The maximum atomic E-state index is 13.4.